The van der Waals surface area contributed by atoms with E-state index in [1.165, 1.54) is 4.90 Å². The number of benzene rings is 1. The van der Waals surface area contributed by atoms with Crippen LogP contribution >= 0.6 is 11.6 Å². The summed E-state index contributed by atoms with van der Waals surface area (Å²) in [5.74, 6) is -0.370. The second-order valence-electron chi connectivity index (χ2n) is 6.77. The van der Waals surface area contributed by atoms with Crippen molar-refractivity contribution in [2.45, 2.75) is 31.2 Å². The molecule has 0 aromatic heterocycles. The lowest BCUT2D eigenvalue weighted by molar-refractivity contribution is -0.148. The monoisotopic (exact) mass is 379 g/mol. The summed E-state index contributed by atoms with van der Waals surface area (Å²) in [6.07, 6.45) is 2.65. The molecule has 0 saturated heterocycles. The van der Waals surface area contributed by atoms with Crippen LogP contribution < -0.4 is 5.32 Å². The first kappa shape index (κ1) is 20.4. The highest BCUT2D eigenvalue weighted by atomic mass is 35.5. The summed E-state index contributed by atoms with van der Waals surface area (Å²) in [6, 6.07) is 7.22. The quantitative estimate of drug-likeness (QED) is 0.818. The van der Waals surface area contributed by atoms with E-state index in [0.717, 1.165) is 12.8 Å². The molecule has 1 atom stereocenters. The molecule has 0 bridgehead atoms. The molecule has 6 nitrogen and oxygen atoms in total. The Labute approximate surface area is 159 Å². The van der Waals surface area contributed by atoms with E-state index >= 15 is 0 Å². The average molecular weight is 380 g/mol. The first-order valence-corrected chi connectivity index (χ1v) is 9.14. The zero-order valence-electron chi connectivity index (χ0n) is 15.5. The van der Waals surface area contributed by atoms with Crippen molar-refractivity contribution in [3.63, 3.8) is 0 Å². The Bertz CT molecular complexity index is 694. The number of amides is 2. The molecule has 1 aliphatic carbocycles. The number of carbonyl (C=O) groups excluding carboxylic acids is 3. The van der Waals surface area contributed by atoms with Crippen molar-refractivity contribution in [1.82, 2.24) is 15.1 Å². The van der Waals surface area contributed by atoms with E-state index < -0.39 is 5.54 Å². The molecule has 0 radical (unpaired) electrons. The zero-order chi connectivity index (χ0) is 19.3. The van der Waals surface area contributed by atoms with Crippen molar-refractivity contribution in [2.75, 3.05) is 34.2 Å². The van der Waals surface area contributed by atoms with Gasteiger partial charge in [-0.15, -0.1) is 0 Å². The highest BCUT2D eigenvalue weighted by Gasteiger charge is 2.47. The Morgan fingerprint density at radius 2 is 1.88 bits per heavy atom. The summed E-state index contributed by atoms with van der Waals surface area (Å²) in [7, 11) is 4.91. The number of halogens is 1. The maximum atomic E-state index is 13.0. The Morgan fingerprint density at radius 3 is 2.50 bits per heavy atom. The Balaban J connectivity index is 2.31. The summed E-state index contributed by atoms with van der Waals surface area (Å²) < 4.78 is 0. The fourth-order valence-corrected chi connectivity index (χ4v) is 3.85. The second kappa shape index (κ2) is 8.64. The van der Waals surface area contributed by atoms with Crippen LogP contribution in [0.2, 0.25) is 5.02 Å². The average Bonchev–Trinajstić information content (AvgIpc) is 2.62. The summed E-state index contributed by atoms with van der Waals surface area (Å²) in [4.78, 5) is 40.6. The van der Waals surface area contributed by atoms with Crippen molar-refractivity contribution >= 4 is 29.2 Å². The number of Topliss-reactive ketones (excluding diaryl/α,β-unsaturated/α-hetero) is 1. The first-order chi connectivity index (χ1) is 12.3. The van der Waals surface area contributed by atoms with Gasteiger partial charge in [0.2, 0.25) is 11.8 Å². The van der Waals surface area contributed by atoms with Crippen molar-refractivity contribution in [1.29, 1.82) is 0 Å². The highest BCUT2D eigenvalue weighted by molar-refractivity contribution is 6.31. The molecule has 142 valence electrons. The third kappa shape index (κ3) is 4.07. The van der Waals surface area contributed by atoms with Gasteiger partial charge in [-0.05, 0) is 32.4 Å². The molecular formula is C19H26ClN3O3. The van der Waals surface area contributed by atoms with Gasteiger partial charge < -0.3 is 10.2 Å². The predicted octanol–water partition coefficient (Wildman–Crippen LogP) is 1.81. The van der Waals surface area contributed by atoms with Crippen molar-refractivity contribution in [3.05, 3.63) is 34.9 Å². The van der Waals surface area contributed by atoms with Crippen molar-refractivity contribution in [3.8, 4) is 0 Å². The van der Waals surface area contributed by atoms with E-state index in [1.54, 1.807) is 32.1 Å². The minimum atomic E-state index is -1.04. The summed E-state index contributed by atoms with van der Waals surface area (Å²) >= 11 is 6.40. The Morgan fingerprint density at radius 1 is 1.19 bits per heavy atom. The lowest BCUT2D eigenvalue weighted by atomic mass is 9.74. The first-order valence-electron chi connectivity index (χ1n) is 8.77. The maximum absolute atomic E-state index is 13.0. The van der Waals surface area contributed by atoms with Crippen molar-refractivity contribution in [2.24, 2.45) is 0 Å². The lowest BCUT2D eigenvalue weighted by Gasteiger charge is -2.44. The molecule has 7 heteroatoms. The minimum Gasteiger partial charge on any atom is -0.358 e. The summed E-state index contributed by atoms with van der Waals surface area (Å²) in [5, 5.41) is 3.02. The van der Waals surface area contributed by atoms with E-state index in [0.29, 0.717) is 23.4 Å². The molecule has 1 aliphatic rings. The fraction of sp³-hybridized carbons (Fsp3) is 0.526. The Hall–Kier alpha value is -1.92. The number of likely N-dealkylation sites (N-methyl/N-ethyl adjacent to an activating group) is 3. The van der Waals surface area contributed by atoms with E-state index in [4.69, 9.17) is 11.6 Å². The van der Waals surface area contributed by atoms with E-state index in [2.05, 4.69) is 5.32 Å². The van der Waals surface area contributed by atoms with Gasteiger partial charge in [-0.3, -0.25) is 19.3 Å². The third-order valence-corrected chi connectivity index (χ3v) is 5.35. The SMILES string of the molecule is CNC(=O)CN(C)CC(=O)N(C)C1(c2ccccc2Cl)CCCCC1=O. The molecule has 1 fully saturated rings. The molecule has 26 heavy (non-hydrogen) atoms. The van der Waals surface area contributed by atoms with Crippen molar-refractivity contribution < 1.29 is 14.4 Å². The fourth-order valence-electron chi connectivity index (χ4n) is 3.56. The molecule has 0 heterocycles. The molecule has 1 saturated carbocycles. The summed E-state index contributed by atoms with van der Waals surface area (Å²) in [5.41, 5.74) is -0.363. The molecule has 0 aliphatic heterocycles. The third-order valence-electron chi connectivity index (χ3n) is 5.02. The van der Waals surface area contributed by atoms with Crippen LogP contribution in [0.1, 0.15) is 31.2 Å². The van der Waals surface area contributed by atoms with Crippen LogP contribution in [0.3, 0.4) is 0 Å². The molecular weight excluding hydrogens is 354 g/mol. The van der Waals surface area contributed by atoms with E-state index in [1.807, 2.05) is 18.2 Å². The summed E-state index contributed by atoms with van der Waals surface area (Å²) in [6.45, 7) is 0.159. The smallest absolute Gasteiger partial charge is 0.237 e. The minimum absolute atomic E-state index is 0.0154. The number of hydrogen-bond donors (Lipinski definition) is 1. The van der Waals surface area contributed by atoms with Gasteiger partial charge in [0, 0.05) is 31.1 Å². The molecule has 1 aromatic rings. The van der Waals surface area contributed by atoms with Crippen LogP contribution in [0.15, 0.2) is 24.3 Å². The van der Waals surface area contributed by atoms with Gasteiger partial charge in [-0.25, -0.2) is 0 Å². The molecule has 1 unspecified atom stereocenters. The predicted molar refractivity (Wildman–Crippen MR) is 101 cm³/mol. The van der Waals surface area contributed by atoms with Gasteiger partial charge in [0.25, 0.3) is 0 Å². The zero-order valence-corrected chi connectivity index (χ0v) is 16.3. The van der Waals surface area contributed by atoms with Gasteiger partial charge in [0.1, 0.15) is 5.54 Å². The number of hydrogen-bond acceptors (Lipinski definition) is 4. The number of nitrogens with one attached hydrogen (secondary N) is 1. The molecule has 2 amide bonds. The van der Waals surface area contributed by atoms with Gasteiger partial charge in [0.15, 0.2) is 5.78 Å². The van der Waals surface area contributed by atoms with Gasteiger partial charge >= 0.3 is 0 Å². The van der Waals surface area contributed by atoms with E-state index in [-0.39, 0.29) is 30.7 Å². The van der Waals surface area contributed by atoms with Crippen LogP contribution in [0.4, 0.5) is 0 Å². The number of nitrogens with zero attached hydrogens (tertiary/aromatic N) is 2. The molecule has 1 aromatic carbocycles. The Kier molecular flexibility index (Phi) is 6.78. The maximum Gasteiger partial charge on any atom is 0.237 e. The standard InChI is InChI=1S/C19H26ClN3O3/c1-21-17(25)12-22(2)13-18(26)23(3)19(11-7-6-10-16(19)24)14-8-4-5-9-15(14)20/h4-5,8-9H,6-7,10-13H2,1-3H3,(H,21,25). The van der Waals surface area contributed by atoms with Crippen LogP contribution in [0.5, 0.6) is 0 Å². The lowest BCUT2D eigenvalue weighted by Crippen LogP contribution is -2.56. The number of ketones is 1. The second-order valence-corrected chi connectivity index (χ2v) is 7.18. The molecule has 1 N–H and O–H groups in total. The van der Waals surface area contributed by atoms with E-state index in [9.17, 15) is 14.4 Å². The largest absolute Gasteiger partial charge is 0.358 e. The number of carbonyl (C=O) groups is 3. The van der Waals surface area contributed by atoms with Gasteiger partial charge in [-0.2, -0.15) is 0 Å². The topological polar surface area (TPSA) is 69.7 Å². The van der Waals surface area contributed by atoms with Gasteiger partial charge in [0.05, 0.1) is 13.1 Å². The molecule has 2 rings (SSSR count). The van der Waals surface area contributed by atoms with Crippen LogP contribution in [0.25, 0.3) is 0 Å². The van der Waals surface area contributed by atoms with Crippen LogP contribution in [-0.4, -0.2) is 61.6 Å². The normalized spacial score (nSPS) is 20.1. The van der Waals surface area contributed by atoms with Gasteiger partial charge in [-0.1, -0.05) is 29.8 Å². The molecule has 0 spiro atoms. The highest BCUT2D eigenvalue weighted by Crippen LogP contribution is 2.42. The number of rotatable bonds is 6. The van der Waals surface area contributed by atoms with Crippen LogP contribution in [-0.2, 0) is 19.9 Å². The van der Waals surface area contributed by atoms with Crippen LogP contribution in [0, 0.1) is 0 Å².